The van der Waals surface area contributed by atoms with Crippen molar-refractivity contribution in [3.05, 3.63) is 29.7 Å². The molecule has 108 valence electrons. The van der Waals surface area contributed by atoms with E-state index in [1.54, 1.807) is 0 Å². The number of aromatic nitrogens is 1. The van der Waals surface area contributed by atoms with Crippen LogP contribution in [0.15, 0.2) is 18.2 Å². The van der Waals surface area contributed by atoms with Crippen LogP contribution in [0.25, 0.3) is 10.9 Å². The summed E-state index contributed by atoms with van der Waals surface area (Å²) in [7, 11) is 1.44. The van der Waals surface area contributed by atoms with Crippen molar-refractivity contribution in [2.75, 3.05) is 19.0 Å². The molecule has 1 heterocycles. The standard InChI is InChI=1S/C14H15F3N2O/c1-3-6-18-9-7-10(14(16)17)19-13-8(15)4-5-11(20-2)12(9)13/h4-5,7,14H,3,6H2,1-2H3,(H,18,19). The number of halogens is 3. The normalized spacial score (nSPS) is 11.1. The minimum Gasteiger partial charge on any atom is -0.496 e. The van der Waals surface area contributed by atoms with Crippen LogP contribution in [0.3, 0.4) is 0 Å². The van der Waals surface area contributed by atoms with Gasteiger partial charge in [0.15, 0.2) is 0 Å². The largest absolute Gasteiger partial charge is 0.496 e. The highest BCUT2D eigenvalue weighted by Gasteiger charge is 2.18. The molecule has 0 amide bonds. The average molecular weight is 284 g/mol. The molecule has 0 saturated carbocycles. The van der Waals surface area contributed by atoms with E-state index < -0.39 is 17.9 Å². The van der Waals surface area contributed by atoms with Crippen molar-refractivity contribution in [2.24, 2.45) is 0 Å². The van der Waals surface area contributed by atoms with Gasteiger partial charge in [0, 0.05) is 12.2 Å². The minimum atomic E-state index is -2.76. The second-order valence-corrected chi connectivity index (χ2v) is 4.30. The first-order valence-corrected chi connectivity index (χ1v) is 6.27. The molecule has 0 saturated heterocycles. The van der Waals surface area contributed by atoms with Gasteiger partial charge in [-0.1, -0.05) is 6.92 Å². The molecular formula is C14H15F3N2O. The molecule has 0 aliphatic carbocycles. The van der Waals surface area contributed by atoms with E-state index in [4.69, 9.17) is 4.74 Å². The van der Waals surface area contributed by atoms with Crippen LogP contribution in [0.4, 0.5) is 18.9 Å². The molecule has 0 unspecified atom stereocenters. The SMILES string of the molecule is CCCNc1cc(C(F)F)nc2c(F)ccc(OC)c12. The number of hydrogen-bond donors (Lipinski definition) is 1. The van der Waals surface area contributed by atoms with Gasteiger partial charge >= 0.3 is 0 Å². The molecule has 0 spiro atoms. The van der Waals surface area contributed by atoms with E-state index in [9.17, 15) is 13.2 Å². The van der Waals surface area contributed by atoms with Crippen LogP contribution in [0.5, 0.6) is 5.75 Å². The summed E-state index contributed by atoms with van der Waals surface area (Å²) < 4.78 is 44.8. The minimum absolute atomic E-state index is 0.110. The lowest BCUT2D eigenvalue weighted by molar-refractivity contribution is 0.146. The van der Waals surface area contributed by atoms with E-state index in [0.29, 0.717) is 23.4 Å². The highest BCUT2D eigenvalue weighted by atomic mass is 19.3. The monoisotopic (exact) mass is 284 g/mol. The first-order valence-electron chi connectivity index (χ1n) is 6.27. The summed E-state index contributed by atoms with van der Waals surface area (Å²) in [6.07, 6.45) is -1.95. The number of methoxy groups -OCH3 is 1. The quantitative estimate of drug-likeness (QED) is 0.896. The Labute approximate surface area is 114 Å². The molecule has 6 heteroatoms. The molecule has 3 nitrogen and oxygen atoms in total. The van der Waals surface area contributed by atoms with Gasteiger partial charge in [-0.2, -0.15) is 0 Å². The zero-order valence-corrected chi connectivity index (χ0v) is 11.2. The van der Waals surface area contributed by atoms with E-state index in [2.05, 4.69) is 10.3 Å². The maximum atomic E-state index is 13.9. The second kappa shape index (κ2) is 5.98. The van der Waals surface area contributed by atoms with Gasteiger partial charge in [0.25, 0.3) is 6.43 Å². The van der Waals surface area contributed by atoms with Crippen LogP contribution in [0.2, 0.25) is 0 Å². The van der Waals surface area contributed by atoms with Crippen molar-refractivity contribution in [1.29, 1.82) is 0 Å². The summed E-state index contributed by atoms with van der Waals surface area (Å²) in [6, 6.07) is 3.86. The van der Waals surface area contributed by atoms with Crippen LogP contribution in [0.1, 0.15) is 25.5 Å². The number of ether oxygens (including phenoxy) is 1. The number of rotatable bonds is 5. The van der Waals surface area contributed by atoms with Gasteiger partial charge in [0.2, 0.25) is 0 Å². The number of benzene rings is 1. The van der Waals surface area contributed by atoms with Crippen molar-refractivity contribution in [3.63, 3.8) is 0 Å². The third-order valence-electron chi connectivity index (χ3n) is 2.90. The van der Waals surface area contributed by atoms with Crippen LogP contribution in [0, 0.1) is 5.82 Å². The Morgan fingerprint density at radius 3 is 2.70 bits per heavy atom. The Balaban J connectivity index is 2.73. The smallest absolute Gasteiger partial charge is 0.280 e. The zero-order chi connectivity index (χ0) is 14.7. The van der Waals surface area contributed by atoms with E-state index in [-0.39, 0.29) is 5.52 Å². The van der Waals surface area contributed by atoms with Crippen molar-refractivity contribution >= 4 is 16.6 Å². The molecule has 0 fully saturated rings. The molecule has 0 aliphatic rings. The second-order valence-electron chi connectivity index (χ2n) is 4.30. The maximum absolute atomic E-state index is 13.9. The summed E-state index contributed by atoms with van der Waals surface area (Å²) in [5.41, 5.74) is -0.160. The Morgan fingerprint density at radius 2 is 2.10 bits per heavy atom. The van der Waals surface area contributed by atoms with E-state index in [0.717, 1.165) is 12.5 Å². The summed E-state index contributed by atoms with van der Waals surface area (Å²) in [5, 5.41) is 3.39. The van der Waals surface area contributed by atoms with E-state index in [1.807, 2.05) is 6.92 Å². The molecule has 20 heavy (non-hydrogen) atoms. The van der Waals surface area contributed by atoms with Crippen molar-refractivity contribution in [2.45, 2.75) is 19.8 Å². The summed E-state index contributed by atoms with van der Waals surface area (Å²) in [6.45, 7) is 2.53. The summed E-state index contributed by atoms with van der Waals surface area (Å²) in [5.74, 6) is -0.254. The predicted molar refractivity (Wildman–Crippen MR) is 72.0 cm³/mol. The van der Waals surface area contributed by atoms with E-state index >= 15 is 0 Å². The van der Waals surface area contributed by atoms with Crippen LogP contribution >= 0.6 is 0 Å². The van der Waals surface area contributed by atoms with Crippen molar-refractivity contribution in [1.82, 2.24) is 4.98 Å². The number of fused-ring (bicyclic) bond motifs is 1. The fourth-order valence-corrected chi connectivity index (χ4v) is 1.98. The van der Waals surface area contributed by atoms with Crippen LogP contribution < -0.4 is 10.1 Å². The molecular weight excluding hydrogens is 269 g/mol. The Hall–Kier alpha value is -1.98. The number of pyridine rings is 1. The molecule has 1 aromatic heterocycles. The fourth-order valence-electron chi connectivity index (χ4n) is 1.98. The number of nitrogens with zero attached hydrogens (tertiary/aromatic N) is 1. The molecule has 0 atom stereocenters. The number of nitrogens with one attached hydrogen (secondary N) is 1. The molecule has 1 aromatic carbocycles. The van der Waals surface area contributed by atoms with Gasteiger partial charge in [-0.3, -0.25) is 0 Å². The number of anilines is 1. The zero-order valence-electron chi connectivity index (χ0n) is 11.2. The van der Waals surface area contributed by atoms with E-state index in [1.165, 1.54) is 19.2 Å². The van der Waals surface area contributed by atoms with Gasteiger partial charge in [0.05, 0.1) is 12.5 Å². The van der Waals surface area contributed by atoms with Crippen LogP contribution in [-0.4, -0.2) is 18.6 Å². The summed E-state index contributed by atoms with van der Waals surface area (Å²) in [4.78, 5) is 3.71. The lowest BCUT2D eigenvalue weighted by Crippen LogP contribution is -2.04. The Morgan fingerprint density at radius 1 is 1.35 bits per heavy atom. The highest BCUT2D eigenvalue weighted by molar-refractivity contribution is 5.97. The maximum Gasteiger partial charge on any atom is 0.280 e. The summed E-state index contributed by atoms with van der Waals surface area (Å²) >= 11 is 0. The predicted octanol–water partition coefficient (Wildman–Crippen LogP) is 4.14. The molecule has 2 aromatic rings. The first-order chi connectivity index (χ1) is 9.58. The lowest BCUT2D eigenvalue weighted by atomic mass is 10.1. The molecule has 0 bridgehead atoms. The molecule has 1 N–H and O–H groups in total. The molecule has 2 rings (SSSR count). The van der Waals surface area contributed by atoms with Gasteiger partial charge in [0.1, 0.15) is 22.8 Å². The third kappa shape index (κ3) is 2.64. The average Bonchev–Trinajstić information content (AvgIpc) is 2.45. The Bertz CT molecular complexity index is 617. The first kappa shape index (κ1) is 14.4. The van der Waals surface area contributed by atoms with Gasteiger partial charge in [-0.05, 0) is 24.6 Å². The molecule has 0 radical (unpaired) electrons. The van der Waals surface area contributed by atoms with Crippen LogP contribution in [-0.2, 0) is 0 Å². The van der Waals surface area contributed by atoms with Crippen molar-refractivity contribution < 1.29 is 17.9 Å². The number of hydrogen-bond acceptors (Lipinski definition) is 3. The third-order valence-corrected chi connectivity index (χ3v) is 2.90. The number of alkyl halides is 2. The van der Waals surface area contributed by atoms with Gasteiger partial charge < -0.3 is 10.1 Å². The lowest BCUT2D eigenvalue weighted by Gasteiger charge is -2.14. The van der Waals surface area contributed by atoms with Gasteiger partial charge in [-0.15, -0.1) is 0 Å². The highest BCUT2D eigenvalue weighted by Crippen LogP contribution is 2.35. The van der Waals surface area contributed by atoms with Gasteiger partial charge in [-0.25, -0.2) is 18.2 Å². The van der Waals surface area contributed by atoms with Crippen molar-refractivity contribution in [3.8, 4) is 5.75 Å². The fraction of sp³-hybridized carbons (Fsp3) is 0.357. The Kier molecular flexibility index (Phi) is 4.32. The molecule has 0 aliphatic heterocycles. The topological polar surface area (TPSA) is 34.2 Å².